The Kier molecular flexibility index (Phi) is 2.35. The van der Waals surface area contributed by atoms with Gasteiger partial charge >= 0.3 is 0 Å². The van der Waals surface area contributed by atoms with Gasteiger partial charge in [-0.3, -0.25) is 0 Å². The van der Waals surface area contributed by atoms with Crippen LogP contribution in [0.5, 0.6) is 0 Å². The molecule has 1 aliphatic rings. The number of hydrogen-bond acceptors (Lipinski definition) is 1. The second-order valence-corrected chi connectivity index (χ2v) is 4.77. The number of aliphatic hydroxyl groups is 1. The molecule has 0 heterocycles. The summed E-state index contributed by atoms with van der Waals surface area (Å²) in [6, 6.07) is 0. The smallest absolute Gasteiger partial charge is 0.0707 e. The maximum atomic E-state index is 10.1. The lowest BCUT2D eigenvalue weighted by Gasteiger charge is -2.34. The third-order valence-corrected chi connectivity index (χ3v) is 3.20. The summed E-state index contributed by atoms with van der Waals surface area (Å²) < 4.78 is 0. The molecule has 0 aromatic carbocycles. The predicted molar refractivity (Wildman–Crippen MR) is 52.0 cm³/mol. The molecule has 1 rings (SSSR count). The fourth-order valence-corrected chi connectivity index (χ4v) is 2.22. The second kappa shape index (κ2) is 2.88. The van der Waals surface area contributed by atoms with E-state index in [0.717, 1.165) is 19.3 Å². The SMILES string of the molecule is CC(C)=CC1(C)CCCC1(C)O. The highest BCUT2D eigenvalue weighted by molar-refractivity contribution is 5.13. The molecule has 1 nitrogen and oxygen atoms in total. The van der Waals surface area contributed by atoms with E-state index in [1.54, 1.807) is 0 Å². The number of hydrogen-bond donors (Lipinski definition) is 1. The Labute approximate surface area is 75.5 Å². The monoisotopic (exact) mass is 168 g/mol. The lowest BCUT2D eigenvalue weighted by molar-refractivity contribution is -0.00965. The molecular formula is C11H20O. The third-order valence-electron chi connectivity index (χ3n) is 3.20. The highest BCUT2D eigenvalue weighted by Gasteiger charge is 2.45. The van der Waals surface area contributed by atoms with Crippen LogP contribution in [0.2, 0.25) is 0 Å². The summed E-state index contributed by atoms with van der Waals surface area (Å²) in [6.07, 6.45) is 5.42. The Morgan fingerprint density at radius 3 is 2.17 bits per heavy atom. The predicted octanol–water partition coefficient (Wildman–Crippen LogP) is 2.89. The van der Waals surface area contributed by atoms with Crippen LogP contribution in [0.25, 0.3) is 0 Å². The van der Waals surface area contributed by atoms with Crippen LogP contribution >= 0.6 is 0 Å². The first-order chi connectivity index (χ1) is 5.37. The maximum Gasteiger partial charge on any atom is 0.0707 e. The highest BCUT2D eigenvalue weighted by atomic mass is 16.3. The molecule has 12 heavy (non-hydrogen) atoms. The van der Waals surface area contributed by atoms with E-state index in [9.17, 15) is 5.11 Å². The third kappa shape index (κ3) is 1.56. The minimum atomic E-state index is -0.496. The van der Waals surface area contributed by atoms with E-state index >= 15 is 0 Å². The molecule has 1 saturated carbocycles. The van der Waals surface area contributed by atoms with Crippen molar-refractivity contribution in [2.75, 3.05) is 0 Å². The van der Waals surface area contributed by atoms with Gasteiger partial charge in [-0.1, -0.05) is 18.6 Å². The summed E-state index contributed by atoms with van der Waals surface area (Å²) in [6.45, 7) is 8.31. The minimum absolute atomic E-state index is 0.00579. The van der Waals surface area contributed by atoms with Crippen molar-refractivity contribution in [2.24, 2.45) is 5.41 Å². The van der Waals surface area contributed by atoms with E-state index in [0.29, 0.717) is 0 Å². The summed E-state index contributed by atoms with van der Waals surface area (Å²) in [7, 11) is 0. The molecule has 0 aromatic rings. The van der Waals surface area contributed by atoms with Crippen LogP contribution in [0.4, 0.5) is 0 Å². The van der Waals surface area contributed by atoms with Crippen LogP contribution in [-0.2, 0) is 0 Å². The fourth-order valence-electron chi connectivity index (χ4n) is 2.22. The summed E-state index contributed by atoms with van der Waals surface area (Å²) in [4.78, 5) is 0. The van der Waals surface area contributed by atoms with E-state index in [1.807, 2.05) is 6.92 Å². The minimum Gasteiger partial charge on any atom is -0.389 e. The zero-order valence-electron chi connectivity index (χ0n) is 8.65. The van der Waals surface area contributed by atoms with E-state index < -0.39 is 5.60 Å². The van der Waals surface area contributed by atoms with Crippen molar-refractivity contribution >= 4 is 0 Å². The van der Waals surface area contributed by atoms with Crippen molar-refractivity contribution in [1.82, 2.24) is 0 Å². The second-order valence-electron chi connectivity index (χ2n) is 4.77. The summed E-state index contributed by atoms with van der Waals surface area (Å²) in [5, 5.41) is 10.1. The summed E-state index contributed by atoms with van der Waals surface area (Å²) in [5.41, 5.74) is 0.815. The lowest BCUT2D eigenvalue weighted by atomic mass is 9.76. The molecule has 1 aliphatic carbocycles. The standard InChI is InChI=1S/C11H20O/c1-9(2)8-10(3)6-5-7-11(10,4)12/h8,12H,5-7H2,1-4H3. The number of rotatable bonds is 1. The van der Waals surface area contributed by atoms with Gasteiger partial charge in [0, 0.05) is 5.41 Å². The van der Waals surface area contributed by atoms with Gasteiger partial charge in [-0.25, -0.2) is 0 Å². The van der Waals surface area contributed by atoms with Crippen molar-refractivity contribution < 1.29 is 5.11 Å². The maximum absolute atomic E-state index is 10.1. The van der Waals surface area contributed by atoms with Gasteiger partial charge in [0.15, 0.2) is 0 Å². The number of allylic oxidation sites excluding steroid dienone is 1. The molecule has 1 N–H and O–H groups in total. The van der Waals surface area contributed by atoms with Crippen molar-refractivity contribution in [1.29, 1.82) is 0 Å². The van der Waals surface area contributed by atoms with Gasteiger partial charge in [0.1, 0.15) is 0 Å². The average molecular weight is 168 g/mol. The molecule has 0 spiro atoms. The van der Waals surface area contributed by atoms with E-state index in [4.69, 9.17) is 0 Å². The van der Waals surface area contributed by atoms with Crippen molar-refractivity contribution in [3.63, 3.8) is 0 Å². The molecule has 1 heteroatoms. The van der Waals surface area contributed by atoms with Gasteiger partial charge in [0.05, 0.1) is 5.60 Å². The Hall–Kier alpha value is -0.300. The largest absolute Gasteiger partial charge is 0.389 e. The first-order valence-corrected chi connectivity index (χ1v) is 4.76. The van der Waals surface area contributed by atoms with Gasteiger partial charge < -0.3 is 5.11 Å². The van der Waals surface area contributed by atoms with E-state index in [2.05, 4.69) is 26.8 Å². The normalized spacial score (nSPS) is 41.4. The van der Waals surface area contributed by atoms with Crippen LogP contribution in [0.1, 0.15) is 47.0 Å². The first kappa shape index (κ1) is 9.79. The van der Waals surface area contributed by atoms with Crippen LogP contribution in [-0.4, -0.2) is 10.7 Å². The molecule has 0 radical (unpaired) electrons. The summed E-state index contributed by atoms with van der Waals surface area (Å²) in [5.74, 6) is 0. The quantitative estimate of drug-likeness (QED) is 0.597. The van der Waals surface area contributed by atoms with Crippen molar-refractivity contribution in [2.45, 2.75) is 52.6 Å². The van der Waals surface area contributed by atoms with Gasteiger partial charge in [0.25, 0.3) is 0 Å². The molecule has 0 amide bonds. The van der Waals surface area contributed by atoms with E-state index in [1.165, 1.54) is 5.57 Å². The van der Waals surface area contributed by atoms with Crippen molar-refractivity contribution in [3.05, 3.63) is 11.6 Å². The zero-order chi connectivity index (χ0) is 9.41. The van der Waals surface area contributed by atoms with Gasteiger partial charge in [-0.05, 0) is 40.0 Å². The van der Waals surface area contributed by atoms with Crippen molar-refractivity contribution in [3.8, 4) is 0 Å². The van der Waals surface area contributed by atoms with Crippen LogP contribution in [0, 0.1) is 5.41 Å². The van der Waals surface area contributed by atoms with Crippen LogP contribution < -0.4 is 0 Å². The van der Waals surface area contributed by atoms with Gasteiger partial charge in [0.2, 0.25) is 0 Å². The Morgan fingerprint density at radius 1 is 1.25 bits per heavy atom. The van der Waals surface area contributed by atoms with Gasteiger partial charge in [-0.2, -0.15) is 0 Å². The molecule has 0 aromatic heterocycles. The summed E-state index contributed by atoms with van der Waals surface area (Å²) >= 11 is 0. The Balaban J connectivity index is 2.90. The van der Waals surface area contributed by atoms with Crippen LogP contribution in [0.3, 0.4) is 0 Å². The molecule has 1 fully saturated rings. The topological polar surface area (TPSA) is 20.2 Å². The lowest BCUT2D eigenvalue weighted by Crippen LogP contribution is -2.37. The van der Waals surface area contributed by atoms with Crippen LogP contribution in [0.15, 0.2) is 11.6 Å². The van der Waals surface area contributed by atoms with Gasteiger partial charge in [-0.15, -0.1) is 0 Å². The molecule has 2 atom stereocenters. The Bertz CT molecular complexity index is 199. The molecular weight excluding hydrogens is 148 g/mol. The molecule has 0 saturated heterocycles. The molecule has 2 unspecified atom stereocenters. The highest BCUT2D eigenvalue weighted by Crippen LogP contribution is 2.47. The molecule has 0 aliphatic heterocycles. The van der Waals surface area contributed by atoms with E-state index in [-0.39, 0.29) is 5.41 Å². The molecule has 70 valence electrons. The molecule has 0 bridgehead atoms. The first-order valence-electron chi connectivity index (χ1n) is 4.76. The fraction of sp³-hybridized carbons (Fsp3) is 0.818. The zero-order valence-corrected chi connectivity index (χ0v) is 8.65. The Morgan fingerprint density at radius 2 is 1.83 bits per heavy atom. The average Bonchev–Trinajstić information content (AvgIpc) is 2.05.